The Labute approximate surface area is 103 Å². The Hall–Kier alpha value is -0.160. The lowest BCUT2D eigenvalue weighted by molar-refractivity contribution is -0.672. The standard InChI is InChI=1S/C11H17N2.HI/c1-12-7-3-5-10(9-12)11-6-4-8-13(11)2;/h3,5,7,9,11H,4,6,8H2,1-2H3;1H/q+1;/p-1/t11-;/m1./s1. The molecule has 2 nitrogen and oxygen atoms in total. The molecule has 2 rings (SSSR count). The Morgan fingerprint density at radius 2 is 2.29 bits per heavy atom. The summed E-state index contributed by atoms with van der Waals surface area (Å²) in [4.78, 5) is 2.44. The molecule has 0 amide bonds. The van der Waals surface area contributed by atoms with Crippen LogP contribution in [-0.2, 0) is 7.05 Å². The van der Waals surface area contributed by atoms with Crippen LogP contribution >= 0.6 is 0 Å². The largest absolute Gasteiger partial charge is 1.00 e. The zero-order chi connectivity index (χ0) is 9.26. The zero-order valence-corrected chi connectivity index (χ0v) is 10.9. The van der Waals surface area contributed by atoms with Gasteiger partial charge < -0.3 is 24.0 Å². The molecule has 78 valence electrons. The van der Waals surface area contributed by atoms with E-state index in [0.717, 1.165) is 0 Å². The van der Waals surface area contributed by atoms with Crippen molar-refractivity contribution < 1.29 is 28.5 Å². The second-order valence-corrected chi connectivity index (χ2v) is 3.94. The van der Waals surface area contributed by atoms with Crippen LogP contribution in [0.4, 0.5) is 0 Å². The number of nitrogens with zero attached hydrogens (tertiary/aromatic N) is 2. The molecule has 1 atom stereocenters. The van der Waals surface area contributed by atoms with Crippen molar-refractivity contribution in [3.63, 3.8) is 0 Å². The van der Waals surface area contributed by atoms with Crippen LogP contribution in [0, 0.1) is 0 Å². The lowest BCUT2D eigenvalue weighted by atomic mass is 10.1. The summed E-state index contributed by atoms with van der Waals surface area (Å²) in [5, 5.41) is 0. The van der Waals surface area contributed by atoms with Crippen LogP contribution in [0.1, 0.15) is 24.4 Å². The van der Waals surface area contributed by atoms with Crippen LogP contribution in [0.2, 0.25) is 0 Å². The van der Waals surface area contributed by atoms with Gasteiger partial charge in [0.25, 0.3) is 0 Å². The number of aryl methyl sites for hydroxylation is 1. The smallest absolute Gasteiger partial charge is 0.173 e. The van der Waals surface area contributed by atoms with Crippen LogP contribution in [-0.4, -0.2) is 18.5 Å². The molecule has 1 aliphatic heterocycles. The van der Waals surface area contributed by atoms with Gasteiger partial charge in [-0.2, -0.15) is 0 Å². The molecule has 1 saturated heterocycles. The van der Waals surface area contributed by atoms with Gasteiger partial charge in [-0.1, -0.05) is 0 Å². The van der Waals surface area contributed by atoms with E-state index in [-0.39, 0.29) is 24.0 Å². The highest BCUT2D eigenvalue weighted by atomic mass is 127. The van der Waals surface area contributed by atoms with Gasteiger partial charge in [-0.15, -0.1) is 0 Å². The quantitative estimate of drug-likeness (QED) is 0.442. The minimum absolute atomic E-state index is 0. The number of aromatic nitrogens is 1. The van der Waals surface area contributed by atoms with E-state index in [1.54, 1.807) is 0 Å². The molecule has 0 N–H and O–H groups in total. The van der Waals surface area contributed by atoms with Crippen LogP contribution < -0.4 is 28.5 Å². The third kappa shape index (κ3) is 2.45. The minimum Gasteiger partial charge on any atom is -1.00 e. The normalized spacial score (nSPS) is 22.0. The molecule has 14 heavy (non-hydrogen) atoms. The second kappa shape index (κ2) is 5.07. The summed E-state index contributed by atoms with van der Waals surface area (Å²) in [5.74, 6) is 0. The second-order valence-electron chi connectivity index (χ2n) is 3.94. The van der Waals surface area contributed by atoms with E-state index in [2.05, 4.69) is 48.1 Å². The van der Waals surface area contributed by atoms with Gasteiger partial charge in [0, 0.05) is 17.7 Å². The predicted octanol–water partition coefficient (Wildman–Crippen LogP) is -1.72. The summed E-state index contributed by atoms with van der Waals surface area (Å²) >= 11 is 0. The highest BCUT2D eigenvalue weighted by molar-refractivity contribution is 5.12. The van der Waals surface area contributed by atoms with Gasteiger partial charge in [0.2, 0.25) is 0 Å². The van der Waals surface area contributed by atoms with E-state index in [9.17, 15) is 0 Å². The fraction of sp³-hybridized carbons (Fsp3) is 0.545. The Bertz CT molecular complexity index is 301. The fourth-order valence-electron chi connectivity index (χ4n) is 2.14. The van der Waals surface area contributed by atoms with E-state index in [1.165, 1.54) is 24.9 Å². The maximum Gasteiger partial charge on any atom is 0.173 e. The summed E-state index contributed by atoms with van der Waals surface area (Å²) in [6.45, 7) is 1.24. The number of hydrogen-bond acceptors (Lipinski definition) is 1. The molecule has 1 aromatic rings. The summed E-state index contributed by atoms with van der Waals surface area (Å²) < 4.78 is 2.13. The predicted molar refractivity (Wildman–Crippen MR) is 52.2 cm³/mol. The molecule has 0 saturated carbocycles. The molecule has 0 spiro atoms. The highest BCUT2D eigenvalue weighted by Gasteiger charge is 2.23. The Kier molecular flexibility index (Phi) is 4.31. The minimum atomic E-state index is 0. The van der Waals surface area contributed by atoms with Crippen molar-refractivity contribution in [1.29, 1.82) is 0 Å². The van der Waals surface area contributed by atoms with E-state index in [4.69, 9.17) is 0 Å². The lowest BCUT2D eigenvalue weighted by Gasteiger charge is -2.17. The van der Waals surface area contributed by atoms with Crippen molar-refractivity contribution in [3.8, 4) is 0 Å². The van der Waals surface area contributed by atoms with Crippen molar-refractivity contribution in [3.05, 3.63) is 30.1 Å². The number of hydrogen-bond donors (Lipinski definition) is 0. The van der Waals surface area contributed by atoms with Gasteiger partial charge in [0.05, 0.1) is 0 Å². The average Bonchev–Trinajstić information content (AvgIpc) is 2.51. The van der Waals surface area contributed by atoms with Crippen molar-refractivity contribution in [2.24, 2.45) is 7.05 Å². The van der Waals surface area contributed by atoms with Crippen molar-refractivity contribution >= 4 is 0 Å². The first-order valence-corrected chi connectivity index (χ1v) is 4.93. The number of pyridine rings is 1. The van der Waals surface area contributed by atoms with Crippen molar-refractivity contribution in [1.82, 2.24) is 4.90 Å². The molecular weight excluding hydrogens is 287 g/mol. The molecule has 0 aliphatic carbocycles. The molecule has 1 aliphatic rings. The maximum absolute atomic E-state index is 2.44. The number of likely N-dealkylation sites (tertiary alicyclic amines) is 1. The first-order chi connectivity index (χ1) is 6.27. The highest BCUT2D eigenvalue weighted by Crippen LogP contribution is 2.28. The van der Waals surface area contributed by atoms with Gasteiger partial charge in [-0.25, -0.2) is 4.57 Å². The average molecular weight is 304 g/mol. The Morgan fingerprint density at radius 1 is 1.50 bits per heavy atom. The summed E-state index contributed by atoms with van der Waals surface area (Å²) in [6, 6.07) is 5.00. The molecule has 0 radical (unpaired) electrons. The van der Waals surface area contributed by atoms with Gasteiger partial charge in [-0.3, -0.25) is 4.90 Å². The molecule has 1 aromatic heterocycles. The summed E-state index contributed by atoms with van der Waals surface area (Å²) in [6.07, 6.45) is 6.95. The maximum atomic E-state index is 2.44. The molecule has 1 fully saturated rings. The third-order valence-corrected chi connectivity index (χ3v) is 2.87. The third-order valence-electron chi connectivity index (χ3n) is 2.87. The van der Waals surface area contributed by atoms with Gasteiger partial charge in [0.1, 0.15) is 7.05 Å². The molecular formula is C11H17IN2. The Morgan fingerprint density at radius 3 is 2.86 bits per heavy atom. The van der Waals surface area contributed by atoms with E-state index in [0.29, 0.717) is 6.04 Å². The summed E-state index contributed by atoms with van der Waals surface area (Å²) in [5.41, 5.74) is 1.45. The molecule has 2 heterocycles. The molecule has 0 unspecified atom stereocenters. The van der Waals surface area contributed by atoms with Crippen LogP contribution in [0.25, 0.3) is 0 Å². The topological polar surface area (TPSA) is 7.12 Å². The molecule has 0 bridgehead atoms. The molecule has 3 heteroatoms. The van der Waals surface area contributed by atoms with Crippen LogP contribution in [0.15, 0.2) is 24.5 Å². The van der Waals surface area contributed by atoms with Crippen LogP contribution in [0.3, 0.4) is 0 Å². The monoisotopic (exact) mass is 304 g/mol. The SMILES string of the molecule is CN1CCC[C@@H]1c1ccc[n+](C)c1.[I-]. The first kappa shape index (κ1) is 11.9. The molecule has 0 aromatic carbocycles. The van der Waals surface area contributed by atoms with Gasteiger partial charge in [-0.05, 0) is 32.5 Å². The lowest BCUT2D eigenvalue weighted by Crippen LogP contribution is -3.00. The van der Waals surface area contributed by atoms with E-state index < -0.39 is 0 Å². The van der Waals surface area contributed by atoms with Crippen molar-refractivity contribution in [2.75, 3.05) is 13.6 Å². The summed E-state index contributed by atoms with van der Waals surface area (Å²) in [7, 11) is 4.29. The Balaban J connectivity index is 0.000000980. The number of halogens is 1. The fourth-order valence-corrected chi connectivity index (χ4v) is 2.14. The van der Waals surface area contributed by atoms with E-state index >= 15 is 0 Å². The van der Waals surface area contributed by atoms with Crippen molar-refractivity contribution in [2.45, 2.75) is 18.9 Å². The zero-order valence-electron chi connectivity index (χ0n) is 8.78. The first-order valence-electron chi connectivity index (χ1n) is 4.93. The van der Waals surface area contributed by atoms with Gasteiger partial charge in [0.15, 0.2) is 12.4 Å². The van der Waals surface area contributed by atoms with Gasteiger partial charge >= 0.3 is 0 Å². The van der Waals surface area contributed by atoms with Crippen LogP contribution in [0.5, 0.6) is 0 Å². The van der Waals surface area contributed by atoms with E-state index in [1.807, 2.05) is 0 Å². The number of rotatable bonds is 1.